The molecular formula is C22H25N5OS. The number of anilines is 2. The SMILES string of the molecule is C=CCn1c(SC(C)C(=O)Nc2ccc(N(C)C)cc2)nnc1-c1ccccc1. The van der Waals surface area contributed by atoms with E-state index in [4.69, 9.17) is 0 Å². The Balaban J connectivity index is 1.72. The van der Waals surface area contributed by atoms with Crippen LogP contribution in [0.1, 0.15) is 6.92 Å². The van der Waals surface area contributed by atoms with Gasteiger partial charge >= 0.3 is 0 Å². The van der Waals surface area contributed by atoms with Crippen LogP contribution in [0.4, 0.5) is 11.4 Å². The number of nitrogens with zero attached hydrogens (tertiary/aromatic N) is 4. The van der Waals surface area contributed by atoms with Crippen LogP contribution >= 0.6 is 11.8 Å². The molecule has 1 aromatic heterocycles. The van der Waals surface area contributed by atoms with Gasteiger partial charge in [0.25, 0.3) is 0 Å². The maximum absolute atomic E-state index is 12.7. The van der Waals surface area contributed by atoms with Crippen molar-refractivity contribution in [1.82, 2.24) is 14.8 Å². The molecule has 0 bridgehead atoms. The molecule has 0 aliphatic heterocycles. The first kappa shape index (κ1) is 20.7. The molecule has 0 spiro atoms. The zero-order valence-electron chi connectivity index (χ0n) is 16.9. The molecule has 29 heavy (non-hydrogen) atoms. The van der Waals surface area contributed by atoms with E-state index in [9.17, 15) is 4.79 Å². The Bertz CT molecular complexity index is 967. The second-order valence-corrected chi connectivity index (χ2v) is 8.07. The van der Waals surface area contributed by atoms with Crippen LogP contribution < -0.4 is 10.2 Å². The summed E-state index contributed by atoms with van der Waals surface area (Å²) < 4.78 is 1.97. The van der Waals surface area contributed by atoms with Gasteiger partial charge in [-0.3, -0.25) is 9.36 Å². The number of thioether (sulfide) groups is 1. The molecule has 3 rings (SSSR count). The number of hydrogen-bond acceptors (Lipinski definition) is 5. The van der Waals surface area contributed by atoms with Crippen LogP contribution in [0, 0.1) is 0 Å². The van der Waals surface area contributed by atoms with Crippen molar-refractivity contribution >= 4 is 29.0 Å². The zero-order valence-corrected chi connectivity index (χ0v) is 17.7. The maximum Gasteiger partial charge on any atom is 0.237 e. The predicted molar refractivity (Wildman–Crippen MR) is 120 cm³/mol. The van der Waals surface area contributed by atoms with Crippen molar-refractivity contribution in [3.8, 4) is 11.4 Å². The highest BCUT2D eigenvalue weighted by Crippen LogP contribution is 2.27. The van der Waals surface area contributed by atoms with Gasteiger partial charge in [-0.1, -0.05) is 48.2 Å². The van der Waals surface area contributed by atoms with Crippen molar-refractivity contribution in [2.45, 2.75) is 23.9 Å². The summed E-state index contributed by atoms with van der Waals surface area (Å²) in [5.41, 5.74) is 2.83. The molecule has 0 aliphatic rings. The topological polar surface area (TPSA) is 63.1 Å². The summed E-state index contributed by atoms with van der Waals surface area (Å²) in [4.78, 5) is 14.7. The van der Waals surface area contributed by atoms with Gasteiger partial charge < -0.3 is 10.2 Å². The molecule has 0 saturated carbocycles. The molecule has 1 atom stereocenters. The number of amides is 1. The summed E-state index contributed by atoms with van der Waals surface area (Å²) >= 11 is 1.38. The van der Waals surface area contributed by atoms with Gasteiger partial charge in [0.2, 0.25) is 5.91 Å². The lowest BCUT2D eigenvalue weighted by Gasteiger charge is -2.15. The smallest absolute Gasteiger partial charge is 0.237 e. The first-order valence-corrected chi connectivity index (χ1v) is 10.2. The number of aromatic nitrogens is 3. The van der Waals surface area contributed by atoms with E-state index in [1.54, 1.807) is 6.08 Å². The summed E-state index contributed by atoms with van der Waals surface area (Å²) in [7, 11) is 3.96. The summed E-state index contributed by atoms with van der Waals surface area (Å²) in [6.07, 6.45) is 1.80. The third-order valence-corrected chi connectivity index (χ3v) is 5.44. The van der Waals surface area contributed by atoms with Crippen LogP contribution in [0.2, 0.25) is 0 Å². The van der Waals surface area contributed by atoms with Gasteiger partial charge in [-0.05, 0) is 31.2 Å². The van der Waals surface area contributed by atoms with Gasteiger partial charge in [-0.15, -0.1) is 16.8 Å². The van der Waals surface area contributed by atoms with E-state index in [-0.39, 0.29) is 11.2 Å². The number of allylic oxidation sites excluding steroid dienone is 1. The molecule has 2 aromatic carbocycles. The minimum atomic E-state index is -0.333. The molecule has 7 heteroatoms. The van der Waals surface area contributed by atoms with Crippen LogP contribution in [0.15, 0.2) is 72.4 Å². The Morgan fingerprint density at radius 3 is 2.48 bits per heavy atom. The van der Waals surface area contributed by atoms with Crippen molar-refractivity contribution in [3.63, 3.8) is 0 Å². The fourth-order valence-electron chi connectivity index (χ4n) is 2.77. The number of benzene rings is 2. The number of hydrogen-bond donors (Lipinski definition) is 1. The van der Waals surface area contributed by atoms with Crippen molar-refractivity contribution in [1.29, 1.82) is 0 Å². The van der Waals surface area contributed by atoms with Crippen LogP contribution in [0.5, 0.6) is 0 Å². The Morgan fingerprint density at radius 1 is 1.17 bits per heavy atom. The Kier molecular flexibility index (Phi) is 6.72. The van der Waals surface area contributed by atoms with Crippen molar-refractivity contribution in [2.24, 2.45) is 0 Å². The molecule has 1 N–H and O–H groups in total. The van der Waals surface area contributed by atoms with Gasteiger partial charge in [0.05, 0.1) is 5.25 Å². The Labute approximate surface area is 175 Å². The van der Waals surface area contributed by atoms with E-state index in [1.165, 1.54) is 11.8 Å². The Hall–Kier alpha value is -3.06. The fourth-order valence-corrected chi connectivity index (χ4v) is 3.63. The quantitative estimate of drug-likeness (QED) is 0.445. The van der Waals surface area contributed by atoms with Crippen LogP contribution in [0.25, 0.3) is 11.4 Å². The second-order valence-electron chi connectivity index (χ2n) is 6.76. The van der Waals surface area contributed by atoms with Gasteiger partial charge in [0.15, 0.2) is 11.0 Å². The van der Waals surface area contributed by atoms with E-state index in [1.807, 2.05) is 85.1 Å². The molecule has 1 heterocycles. The summed E-state index contributed by atoms with van der Waals surface area (Å²) in [5.74, 6) is 0.682. The minimum absolute atomic E-state index is 0.0815. The van der Waals surface area contributed by atoms with Gasteiger partial charge in [-0.25, -0.2) is 0 Å². The molecule has 0 aliphatic carbocycles. The van der Waals surface area contributed by atoms with Gasteiger partial charge in [-0.2, -0.15) is 0 Å². The minimum Gasteiger partial charge on any atom is -0.378 e. The summed E-state index contributed by atoms with van der Waals surface area (Å²) in [6.45, 7) is 6.27. The van der Waals surface area contributed by atoms with E-state index in [0.29, 0.717) is 11.7 Å². The second kappa shape index (κ2) is 9.43. The fraction of sp³-hybridized carbons (Fsp3) is 0.227. The normalized spacial score (nSPS) is 11.7. The van der Waals surface area contributed by atoms with Crippen molar-refractivity contribution < 1.29 is 4.79 Å². The number of rotatable bonds is 8. The number of carbonyl (C=O) groups excluding carboxylic acids is 1. The highest BCUT2D eigenvalue weighted by atomic mass is 32.2. The monoisotopic (exact) mass is 407 g/mol. The highest BCUT2D eigenvalue weighted by Gasteiger charge is 2.20. The predicted octanol–water partition coefficient (Wildman–Crippen LogP) is 4.32. The molecule has 0 saturated heterocycles. The molecule has 1 unspecified atom stereocenters. The molecule has 0 fully saturated rings. The number of carbonyl (C=O) groups is 1. The average molecular weight is 408 g/mol. The molecular weight excluding hydrogens is 382 g/mol. The van der Waals surface area contributed by atoms with Crippen molar-refractivity contribution in [2.75, 3.05) is 24.3 Å². The average Bonchev–Trinajstić information content (AvgIpc) is 3.11. The van der Waals surface area contributed by atoms with Crippen LogP contribution in [-0.4, -0.2) is 40.0 Å². The molecule has 0 radical (unpaired) electrons. The first-order valence-electron chi connectivity index (χ1n) is 9.34. The molecule has 6 nitrogen and oxygen atoms in total. The van der Waals surface area contributed by atoms with Gasteiger partial charge in [0, 0.05) is 37.6 Å². The lowest BCUT2D eigenvalue weighted by molar-refractivity contribution is -0.115. The zero-order chi connectivity index (χ0) is 20.8. The third-order valence-electron chi connectivity index (χ3n) is 4.36. The van der Waals surface area contributed by atoms with Crippen LogP contribution in [-0.2, 0) is 11.3 Å². The van der Waals surface area contributed by atoms with E-state index >= 15 is 0 Å². The lowest BCUT2D eigenvalue weighted by Crippen LogP contribution is -2.23. The lowest BCUT2D eigenvalue weighted by atomic mass is 10.2. The molecule has 3 aromatic rings. The summed E-state index contributed by atoms with van der Waals surface area (Å²) in [6, 6.07) is 17.6. The standard InChI is InChI=1S/C22H25N5OS/c1-5-15-27-20(17-9-7-6-8-10-17)24-25-22(27)29-16(2)21(28)23-18-11-13-19(14-12-18)26(3)4/h5-14,16H,1,15H2,2-4H3,(H,23,28). The molecule has 1 amide bonds. The highest BCUT2D eigenvalue weighted by molar-refractivity contribution is 8.00. The largest absolute Gasteiger partial charge is 0.378 e. The van der Waals surface area contributed by atoms with Crippen LogP contribution in [0.3, 0.4) is 0 Å². The Morgan fingerprint density at radius 2 is 1.86 bits per heavy atom. The van der Waals surface area contributed by atoms with Gasteiger partial charge in [0.1, 0.15) is 0 Å². The van der Waals surface area contributed by atoms with E-state index < -0.39 is 0 Å². The van der Waals surface area contributed by atoms with E-state index in [0.717, 1.165) is 22.8 Å². The summed E-state index contributed by atoms with van der Waals surface area (Å²) in [5, 5.41) is 12.0. The molecule has 150 valence electrons. The van der Waals surface area contributed by atoms with Crippen molar-refractivity contribution in [3.05, 3.63) is 67.3 Å². The third kappa shape index (κ3) is 5.06. The number of nitrogens with one attached hydrogen (secondary N) is 1. The first-order chi connectivity index (χ1) is 14.0. The maximum atomic E-state index is 12.7. The van der Waals surface area contributed by atoms with E-state index in [2.05, 4.69) is 22.1 Å².